The highest BCUT2D eigenvalue weighted by Gasteiger charge is 2.20. The van der Waals surface area contributed by atoms with Crippen molar-refractivity contribution < 1.29 is 27.6 Å². The lowest BCUT2D eigenvalue weighted by Crippen LogP contribution is -2.12. The Balaban J connectivity index is 1.81. The first-order valence-corrected chi connectivity index (χ1v) is 12.8. The molecule has 0 heterocycles. The van der Waals surface area contributed by atoms with Gasteiger partial charge in [0, 0.05) is 11.5 Å². The number of amides is 1. The SMILES string of the molecule is COc1ccc(NC(=O)c2cc3ccccc3c(N=Nc3cc(S(=O)(=O)O)cc(C)c3Cl)c2O)c(Cl)c1. The highest BCUT2D eigenvalue weighted by molar-refractivity contribution is 7.85. The first kappa shape index (κ1) is 26.4. The molecule has 0 unspecified atom stereocenters. The van der Waals surface area contributed by atoms with Gasteiger partial charge in [0.05, 0.1) is 33.3 Å². The molecule has 9 nitrogen and oxygen atoms in total. The fourth-order valence-corrected chi connectivity index (χ4v) is 4.50. The second-order valence-corrected chi connectivity index (χ2v) is 10.1. The summed E-state index contributed by atoms with van der Waals surface area (Å²) in [5.74, 6) is -0.622. The van der Waals surface area contributed by atoms with Crippen molar-refractivity contribution in [2.45, 2.75) is 11.8 Å². The van der Waals surface area contributed by atoms with Gasteiger partial charge in [-0.25, -0.2) is 0 Å². The lowest BCUT2D eigenvalue weighted by atomic mass is 10.0. The standard InChI is InChI=1S/C25H19Cl2N3O6S/c1-13-9-16(37(33,34)35)12-21(22(13)27)29-30-23-17-6-4-3-5-14(17)10-18(24(23)31)25(32)28-20-8-7-15(36-2)11-19(20)26/h3-12,31H,1-2H3,(H,28,32)(H,33,34,35). The quantitative estimate of drug-likeness (QED) is 0.170. The molecular formula is C25H19Cl2N3O6S. The first-order chi connectivity index (χ1) is 17.5. The summed E-state index contributed by atoms with van der Waals surface area (Å²) < 4.78 is 37.8. The molecule has 4 aromatic carbocycles. The first-order valence-electron chi connectivity index (χ1n) is 10.6. The lowest BCUT2D eigenvalue weighted by Gasteiger charge is -2.12. The van der Waals surface area contributed by atoms with Crippen LogP contribution < -0.4 is 10.1 Å². The molecule has 0 spiro atoms. The van der Waals surface area contributed by atoms with Crippen LogP contribution in [0.1, 0.15) is 15.9 Å². The molecule has 0 bridgehead atoms. The molecule has 0 aromatic heterocycles. The second kappa shape index (κ2) is 10.3. The number of hydrogen-bond donors (Lipinski definition) is 3. The monoisotopic (exact) mass is 559 g/mol. The molecule has 1 amide bonds. The third-order valence-corrected chi connectivity index (χ3v) is 7.06. The zero-order valence-electron chi connectivity index (χ0n) is 19.4. The van der Waals surface area contributed by atoms with Crippen LogP contribution in [0.2, 0.25) is 10.0 Å². The van der Waals surface area contributed by atoms with Gasteiger partial charge in [-0.05, 0) is 48.2 Å². The van der Waals surface area contributed by atoms with Crippen molar-refractivity contribution in [2.75, 3.05) is 12.4 Å². The van der Waals surface area contributed by atoms with E-state index in [0.29, 0.717) is 27.8 Å². The number of carbonyl (C=O) groups excluding carboxylic acids is 1. The number of ether oxygens (including phenoxy) is 1. The van der Waals surface area contributed by atoms with Crippen LogP contribution in [0.25, 0.3) is 10.8 Å². The Kier molecular flexibility index (Phi) is 7.37. The van der Waals surface area contributed by atoms with Gasteiger partial charge in [-0.2, -0.15) is 8.42 Å². The normalized spacial score (nSPS) is 11.7. The van der Waals surface area contributed by atoms with Gasteiger partial charge in [0.15, 0.2) is 5.75 Å². The van der Waals surface area contributed by atoms with E-state index in [1.807, 2.05) is 0 Å². The van der Waals surface area contributed by atoms with Crippen molar-refractivity contribution in [3.05, 3.63) is 81.8 Å². The molecule has 190 valence electrons. The number of rotatable bonds is 6. The third-order valence-electron chi connectivity index (χ3n) is 5.43. The summed E-state index contributed by atoms with van der Waals surface area (Å²) in [6, 6.07) is 15.3. The van der Waals surface area contributed by atoms with Gasteiger partial charge in [0.25, 0.3) is 16.0 Å². The van der Waals surface area contributed by atoms with E-state index in [2.05, 4.69) is 15.5 Å². The summed E-state index contributed by atoms with van der Waals surface area (Å²) in [6.07, 6.45) is 0. The van der Waals surface area contributed by atoms with E-state index in [0.717, 1.165) is 6.07 Å². The number of methoxy groups -OCH3 is 1. The minimum absolute atomic E-state index is 0.0462. The highest BCUT2D eigenvalue weighted by Crippen LogP contribution is 2.41. The van der Waals surface area contributed by atoms with Gasteiger partial charge in [-0.3, -0.25) is 9.35 Å². The Morgan fingerprint density at radius 3 is 2.43 bits per heavy atom. The number of nitrogens with zero attached hydrogens (tertiary/aromatic N) is 2. The van der Waals surface area contributed by atoms with Gasteiger partial charge in [0.2, 0.25) is 0 Å². The van der Waals surface area contributed by atoms with E-state index < -0.39 is 26.7 Å². The number of fused-ring (bicyclic) bond motifs is 1. The van der Waals surface area contributed by atoms with E-state index in [9.17, 15) is 22.9 Å². The smallest absolute Gasteiger partial charge is 0.294 e. The highest BCUT2D eigenvalue weighted by atomic mass is 35.5. The Morgan fingerprint density at radius 2 is 1.76 bits per heavy atom. The Hall–Kier alpha value is -3.70. The number of phenols is 1. The summed E-state index contributed by atoms with van der Waals surface area (Å²) in [5, 5.41) is 23.2. The van der Waals surface area contributed by atoms with E-state index in [1.165, 1.54) is 32.2 Å². The van der Waals surface area contributed by atoms with Gasteiger partial charge < -0.3 is 15.2 Å². The molecule has 0 radical (unpaired) electrons. The van der Waals surface area contributed by atoms with Gasteiger partial charge in [0.1, 0.15) is 17.1 Å². The molecular weight excluding hydrogens is 541 g/mol. The van der Waals surface area contributed by atoms with Crippen molar-refractivity contribution in [2.24, 2.45) is 10.2 Å². The van der Waals surface area contributed by atoms with Gasteiger partial charge in [-0.1, -0.05) is 47.5 Å². The fraction of sp³-hybridized carbons (Fsp3) is 0.0800. The molecule has 0 saturated carbocycles. The number of aromatic hydroxyl groups is 1. The molecule has 12 heteroatoms. The number of carbonyl (C=O) groups is 1. The molecule has 0 aliphatic heterocycles. The van der Waals surface area contributed by atoms with Gasteiger partial charge in [-0.15, -0.1) is 10.2 Å². The third kappa shape index (κ3) is 5.52. The maximum absolute atomic E-state index is 13.1. The van der Waals surface area contributed by atoms with E-state index in [4.69, 9.17) is 27.9 Å². The maximum Gasteiger partial charge on any atom is 0.294 e. The zero-order chi connectivity index (χ0) is 26.9. The zero-order valence-corrected chi connectivity index (χ0v) is 21.7. The van der Waals surface area contributed by atoms with Crippen molar-refractivity contribution in [3.8, 4) is 11.5 Å². The van der Waals surface area contributed by atoms with Crippen molar-refractivity contribution >= 4 is 67.1 Å². The number of halogens is 2. The molecule has 37 heavy (non-hydrogen) atoms. The molecule has 0 fully saturated rings. The lowest BCUT2D eigenvalue weighted by molar-refractivity contribution is 0.102. The number of aryl methyl sites for hydroxylation is 1. The number of hydrogen-bond acceptors (Lipinski definition) is 7. The predicted molar refractivity (Wildman–Crippen MR) is 142 cm³/mol. The number of azo groups is 1. The molecule has 4 rings (SSSR count). The van der Waals surface area contributed by atoms with E-state index in [1.54, 1.807) is 36.4 Å². The summed E-state index contributed by atoms with van der Waals surface area (Å²) in [7, 11) is -3.04. The summed E-state index contributed by atoms with van der Waals surface area (Å²) in [4.78, 5) is 12.7. The summed E-state index contributed by atoms with van der Waals surface area (Å²) in [6.45, 7) is 1.54. The number of anilines is 1. The molecule has 0 saturated heterocycles. The number of nitrogens with one attached hydrogen (secondary N) is 1. The van der Waals surface area contributed by atoms with Crippen molar-refractivity contribution in [1.29, 1.82) is 0 Å². The average molecular weight is 560 g/mol. The second-order valence-electron chi connectivity index (χ2n) is 7.89. The molecule has 0 atom stereocenters. The molecule has 0 aliphatic rings. The van der Waals surface area contributed by atoms with Crippen LogP contribution in [0, 0.1) is 6.92 Å². The molecule has 0 aliphatic carbocycles. The van der Waals surface area contributed by atoms with Crippen molar-refractivity contribution in [3.63, 3.8) is 0 Å². The van der Waals surface area contributed by atoms with Crippen LogP contribution in [0.3, 0.4) is 0 Å². The summed E-state index contributed by atoms with van der Waals surface area (Å²) >= 11 is 12.5. The predicted octanol–water partition coefficient (Wildman–Crippen LogP) is 7.08. The maximum atomic E-state index is 13.1. The van der Waals surface area contributed by atoms with Crippen LogP contribution >= 0.6 is 23.2 Å². The minimum Gasteiger partial charge on any atom is -0.505 e. The van der Waals surface area contributed by atoms with Crippen LogP contribution in [-0.4, -0.2) is 31.1 Å². The Morgan fingerprint density at radius 1 is 1.03 bits per heavy atom. The fourth-order valence-electron chi connectivity index (χ4n) is 3.55. The van der Waals surface area contributed by atoms with Crippen LogP contribution in [0.4, 0.5) is 17.1 Å². The molecule has 4 aromatic rings. The van der Waals surface area contributed by atoms with Crippen LogP contribution in [0.15, 0.2) is 75.8 Å². The van der Waals surface area contributed by atoms with Crippen LogP contribution in [0.5, 0.6) is 11.5 Å². The topological polar surface area (TPSA) is 138 Å². The van der Waals surface area contributed by atoms with Crippen molar-refractivity contribution in [1.82, 2.24) is 0 Å². The van der Waals surface area contributed by atoms with E-state index in [-0.39, 0.29) is 27.0 Å². The number of phenolic OH excluding ortho intramolecular Hbond substituents is 1. The average Bonchev–Trinajstić information content (AvgIpc) is 2.85. The summed E-state index contributed by atoms with van der Waals surface area (Å²) in [5.41, 5.74) is 0.429. The Bertz CT molecular complexity index is 1690. The van der Waals surface area contributed by atoms with Gasteiger partial charge >= 0.3 is 0 Å². The number of benzene rings is 4. The van der Waals surface area contributed by atoms with E-state index >= 15 is 0 Å². The van der Waals surface area contributed by atoms with Crippen LogP contribution in [-0.2, 0) is 10.1 Å². The minimum atomic E-state index is -4.53. The Labute approximate surface area is 222 Å². The largest absolute Gasteiger partial charge is 0.505 e. The molecule has 3 N–H and O–H groups in total.